The number of amides is 1. The highest BCUT2D eigenvalue weighted by molar-refractivity contribution is 6.32. The highest BCUT2D eigenvalue weighted by atomic mass is 35.5. The van der Waals surface area contributed by atoms with E-state index in [2.05, 4.69) is 10.5 Å². The normalized spacial score (nSPS) is 10.6. The Morgan fingerprint density at radius 3 is 2.81 bits per heavy atom. The fraction of sp³-hybridized carbons (Fsp3) is 0.222. The molecule has 2 aromatic rings. The summed E-state index contributed by atoms with van der Waals surface area (Å²) in [6, 6.07) is 8.83. The molecule has 0 spiro atoms. The van der Waals surface area contributed by atoms with Crippen molar-refractivity contribution in [1.29, 1.82) is 0 Å². The Hall–Kier alpha value is -2.80. The van der Waals surface area contributed by atoms with Crippen LogP contribution in [0.3, 0.4) is 0 Å². The van der Waals surface area contributed by atoms with Gasteiger partial charge in [-0.05, 0) is 36.8 Å². The fourth-order valence-corrected chi connectivity index (χ4v) is 2.34. The van der Waals surface area contributed by atoms with E-state index in [4.69, 9.17) is 25.8 Å². The lowest BCUT2D eigenvalue weighted by Gasteiger charge is -2.11. The third-order valence-corrected chi connectivity index (χ3v) is 3.39. The number of carbonyl (C=O) groups is 1. The number of methoxy groups -OCH3 is 1. The van der Waals surface area contributed by atoms with Crippen molar-refractivity contribution in [2.24, 2.45) is 5.10 Å². The van der Waals surface area contributed by atoms with Crippen LogP contribution in [-0.4, -0.2) is 32.4 Å². The van der Waals surface area contributed by atoms with Crippen molar-refractivity contribution in [3.05, 3.63) is 52.8 Å². The Morgan fingerprint density at radius 2 is 2.12 bits per heavy atom. The lowest BCUT2D eigenvalue weighted by molar-refractivity contribution is -0.123. The molecule has 0 aliphatic rings. The zero-order valence-corrected chi connectivity index (χ0v) is 15.0. The molecule has 0 saturated heterocycles. The average molecular weight is 381 g/mol. The number of nitrogens with one attached hydrogen (secondary N) is 1. The summed E-state index contributed by atoms with van der Waals surface area (Å²) in [7, 11) is 1.50. The molecule has 0 radical (unpaired) electrons. The minimum absolute atomic E-state index is 0.257. The van der Waals surface area contributed by atoms with Gasteiger partial charge in [-0.1, -0.05) is 17.7 Å². The van der Waals surface area contributed by atoms with E-state index in [1.807, 2.05) is 6.92 Å². The van der Waals surface area contributed by atoms with E-state index in [1.165, 1.54) is 31.5 Å². The van der Waals surface area contributed by atoms with Gasteiger partial charge in [-0.25, -0.2) is 9.82 Å². The van der Waals surface area contributed by atoms with E-state index in [0.717, 1.165) is 0 Å². The third kappa shape index (κ3) is 5.63. The number of rotatable bonds is 8. The molecule has 0 unspecified atom stereocenters. The van der Waals surface area contributed by atoms with Gasteiger partial charge in [-0.2, -0.15) is 5.10 Å². The second-order valence-electron chi connectivity index (χ2n) is 5.01. The Morgan fingerprint density at radius 1 is 1.31 bits per heavy atom. The first kappa shape index (κ1) is 19.5. The summed E-state index contributed by atoms with van der Waals surface area (Å²) >= 11 is 6.14. The van der Waals surface area contributed by atoms with E-state index in [-0.39, 0.29) is 12.4 Å². The summed E-state index contributed by atoms with van der Waals surface area (Å²) in [5.74, 6) is 0.230. The van der Waals surface area contributed by atoms with E-state index < -0.39 is 11.7 Å². The molecule has 0 heterocycles. The first-order valence-electron chi connectivity index (χ1n) is 7.74. The predicted molar refractivity (Wildman–Crippen MR) is 96.8 cm³/mol. The van der Waals surface area contributed by atoms with Crippen LogP contribution in [0.1, 0.15) is 12.5 Å². The maximum atomic E-state index is 13.0. The summed E-state index contributed by atoms with van der Waals surface area (Å²) in [6.07, 6.45) is 1.41. The quantitative estimate of drug-likeness (QED) is 0.563. The lowest BCUT2D eigenvalue weighted by Crippen LogP contribution is -2.24. The molecule has 6 nitrogen and oxygen atoms in total. The molecule has 0 bridgehead atoms. The molecule has 0 aliphatic heterocycles. The molecule has 2 rings (SSSR count). The summed E-state index contributed by atoms with van der Waals surface area (Å²) in [6.45, 7) is 1.99. The number of hydrazone groups is 1. The van der Waals surface area contributed by atoms with E-state index >= 15 is 0 Å². The Bertz CT molecular complexity index is 799. The summed E-state index contributed by atoms with van der Waals surface area (Å²) in [5.41, 5.74) is 2.93. The number of nitrogens with zero attached hydrogens (tertiary/aromatic N) is 1. The van der Waals surface area contributed by atoms with Gasteiger partial charge >= 0.3 is 0 Å². The molecule has 1 amide bonds. The van der Waals surface area contributed by atoms with Gasteiger partial charge < -0.3 is 14.2 Å². The topological polar surface area (TPSA) is 69.2 Å². The zero-order chi connectivity index (χ0) is 18.9. The molecule has 138 valence electrons. The van der Waals surface area contributed by atoms with Gasteiger partial charge in [-0.3, -0.25) is 4.79 Å². The van der Waals surface area contributed by atoms with Gasteiger partial charge in [0.1, 0.15) is 11.6 Å². The first-order chi connectivity index (χ1) is 12.5. The van der Waals surface area contributed by atoms with Crippen molar-refractivity contribution in [1.82, 2.24) is 5.43 Å². The number of halogens is 2. The Balaban J connectivity index is 1.94. The molecule has 0 fully saturated rings. The molecular weight excluding hydrogens is 363 g/mol. The summed E-state index contributed by atoms with van der Waals surface area (Å²) < 4.78 is 28.8. The number of ether oxygens (including phenoxy) is 3. The van der Waals surface area contributed by atoms with Gasteiger partial charge in [0.15, 0.2) is 18.1 Å². The van der Waals surface area contributed by atoms with Crippen LogP contribution >= 0.6 is 11.6 Å². The molecule has 0 aromatic heterocycles. The predicted octanol–water partition coefficient (Wildman–Crippen LogP) is 3.42. The van der Waals surface area contributed by atoms with Gasteiger partial charge in [0, 0.05) is 6.07 Å². The van der Waals surface area contributed by atoms with Crippen molar-refractivity contribution in [3.63, 3.8) is 0 Å². The largest absolute Gasteiger partial charge is 0.491 e. The van der Waals surface area contributed by atoms with Gasteiger partial charge in [0.05, 0.1) is 25.0 Å². The average Bonchev–Trinajstić information content (AvgIpc) is 2.60. The van der Waals surface area contributed by atoms with Gasteiger partial charge in [0.25, 0.3) is 5.91 Å². The monoisotopic (exact) mass is 380 g/mol. The Labute approximate surface area is 155 Å². The van der Waals surface area contributed by atoms with Crippen molar-refractivity contribution >= 4 is 23.7 Å². The van der Waals surface area contributed by atoms with Crippen molar-refractivity contribution in [3.8, 4) is 17.2 Å². The zero-order valence-electron chi connectivity index (χ0n) is 14.3. The molecule has 1 N–H and O–H groups in total. The fourth-order valence-electron chi connectivity index (χ4n) is 2.04. The smallest absolute Gasteiger partial charge is 0.277 e. The minimum Gasteiger partial charge on any atom is -0.491 e. The number of hydrogen-bond donors (Lipinski definition) is 1. The Kier molecular flexibility index (Phi) is 7.23. The van der Waals surface area contributed by atoms with E-state index in [1.54, 1.807) is 18.2 Å². The first-order valence-corrected chi connectivity index (χ1v) is 8.12. The molecule has 2 aromatic carbocycles. The standard InChI is InChI=1S/C18H18ClFN2O4/c1-3-25-16-8-12(7-15(19)18(16)24-2)10-21-22-17(23)11-26-14-6-4-5-13(20)9-14/h4-10H,3,11H2,1-2H3,(H,22,23)/b21-10-. The molecular formula is C18H18ClFN2O4. The second kappa shape index (κ2) is 9.62. The van der Waals surface area contributed by atoms with Crippen LogP contribution in [0.5, 0.6) is 17.2 Å². The van der Waals surface area contributed by atoms with Crippen LogP contribution in [0.4, 0.5) is 4.39 Å². The molecule has 0 atom stereocenters. The lowest BCUT2D eigenvalue weighted by atomic mass is 10.2. The van der Waals surface area contributed by atoms with Crippen LogP contribution in [0.25, 0.3) is 0 Å². The van der Waals surface area contributed by atoms with Crippen LogP contribution in [0.15, 0.2) is 41.5 Å². The van der Waals surface area contributed by atoms with Crippen LogP contribution in [0, 0.1) is 5.82 Å². The molecule has 0 aliphatic carbocycles. The van der Waals surface area contributed by atoms with Gasteiger partial charge in [-0.15, -0.1) is 0 Å². The molecule has 0 saturated carbocycles. The van der Waals surface area contributed by atoms with Crippen molar-refractivity contribution < 1.29 is 23.4 Å². The van der Waals surface area contributed by atoms with E-state index in [0.29, 0.717) is 28.7 Å². The highest BCUT2D eigenvalue weighted by Crippen LogP contribution is 2.35. The summed E-state index contributed by atoms with van der Waals surface area (Å²) in [5, 5.41) is 4.20. The second-order valence-corrected chi connectivity index (χ2v) is 5.41. The van der Waals surface area contributed by atoms with Crippen LogP contribution in [0.2, 0.25) is 5.02 Å². The van der Waals surface area contributed by atoms with Gasteiger partial charge in [0.2, 0.25) is 0 Å². The number of benzene rings is 2. The van der Waals surface area contributed by atoms with E-state index in [9.17, 15) is 9.18 Å². The maximum Gasteiger partial charge on any atom is 0.277 e. The maximum absolute atomic E-state index is 13.0. The molecule has 8 heteroatoms. The third-order valence-electron chi connectivity index (χ3n) is 3.10. The summed E-state index contributed by atoms with van der Waals surface area (Å²) in [4.78, 5) is 11.7. The number of hydrogen-bond acceptors (Lipinski definition) is 5. The SMILES string of the molecule is CCOc1cc(/C=N\NC(=O)COc2cccc(F)c2)cc(Cl)c1OC. The highest BCUT2D eigenvalue weighted by Gasteiger charge is 2.10. The van der Waals surface area contributed by atoms with Crippen molar-refractivity contribution in [2.75, 3.05) is 20.3 Å². The molecule has 26 heavy (non-hydrogen) atoms. The van der Waals surface area contributed by atoms with Crippen LogP contribution in [-0.2, 0) is 4.79 Å². The van der Waals surface area contributed by atoms with Crippen molar-refractivity contribution in [2.45, 2.75) is 6.92 Å². The van der Waals surface area contributed by atoms with Crippen LogP contribution < -0.4 is 19.6 Å². The minimum atomic E-state index is -0.491. The number of carbonyl (C=O) groups excluding carboxylic acids is 1.